The molecule has 1 aliphatic carbocycles. The molecule has 0 unspecified atom stereocenters. The Morgan fingerprint density at radius 2 is 1.68 bits per heavy atom. The first kappa shape index (κ1) is 16.9. The molecule has 2 aromatic rings. The molecular formula is C21H20N2O2. The standard InChI is InChI=1S/C21H20N2O2/c22-13-12-15-10-11-17(14-15)23-21(25)19-9-5-4-8-18(19)20(24)16-6-2-1-3-7-16/h1-9,15,17H,10-12,14H2,(H,23,25)/t15-,17-/m0/s1. The van der Waals surface area contributed by atoms with E-state index in [1.165, 1.54) is 0 Å². The van der Waals surface area contributed by atoms with Crippen LogP contribution in [-0.2, 0) is 0 Å². The van der Waals surface area contributed by atoms with Crippen LogP contribution in [0.4, 0.5) is 0 Å². The Morgan fingerprint density at radius 1 is 1.00 bits per heavy atom. The summed E-state index contributed by atoms with van der Waals surface area (Å²) < 4.78 is 0. The summed E-state index contributed by atoms with van der Waals surface area (Å²) in [6.45, 7) is 0. The number of carbonyl (C=O) groups is 2. The summed E-state index contributed by atoms with van der Waals surface area (Å²) in [7, 11) is 0. The van der Waals surface area contributed by atoms with E-state index >= 15 is 0 Å². The van der Waals surface area contributed by atoms with E-state index in [9.17, 15) is 9.59 Å². The van der Waals surface area contributed by atoms with Gasteiger partial charge in [0.05, 0.1) is 11.6 Å². The quantitative estimate of drug-likeness (QED) is 0.848. The third kappa shape index (κ3) is 3.95. The Bertz CT molecular complexity index is 808. The number of nitriles is 1. The van der Waals surface area contributed by atoms with Gasteiger partial charge in [0, 0.05) is 23.6 Å². The first-order chi connectivity index (χ1) is 12.2. The van der Waals surface area contributed by atoms with Gasteiger partial charge >= 0.3 is 0 Å². The number of ketones is 1. The van der Waals surface area contributed by atoms with Crippen molar-refractivity contribution in [3.05, 3.63) is 71.3 Å². The van der Waals surface area contributed by atoms with Crippen LogP contribution in [-0.4, -0.2) is 17.7 Å². The van der Waals surface area contributed by atoms with E-state index in [0.29, 0.717) is 29.0 Å². The van der Waals surface area contributed by atoms with Gasteiger partial charge in [-0.1, -0.05) is 48.5 Å². The number of carbonyl (C=O) groups excluding carboxylic acids is 2. The predicted octanol–water partition coefficient (Wildman–Crippen LogP) is 3.73. The first-order valence-electron chi connectivity index (χ1n) is 8.55. The van der Waals surface area contributed by atoms with Crippen molar-refractivity contribution in [2.45, 2.75) is 31.7 Å². The zero-order valence-electron chi connectivity index (χ0n) is 13.9. The predicted molar refractivity (Wildman–Crippen MR) is 95.1 cm³/mol. The Morgan fingerprint density at radius 3 is 2.40 bits per heavy atom. The van der Waals surface area contributed by atoms with Crippen molar-refractivity contribution in [1.82, 2.24) is 5.32 Å². The van der Waals surface area contributed by atoms with Crippen molar-refractivity contribution in [1.29, 1.82) is 5.26 Å². The molecule has 2 atom stereocenters. The van der Waals surface area contributed by atoms with Gasteiger partial charge in [0.15, 0.2) is 5.78 Å². The van der Waals surface area contributed by atoms with Gasteiger partial charge in [-0.2, -0.15) is 5.26 Å². The van der Waals surface area contributed by atoms with Crippen LogP contribution < -0.4 is 5.32 Å². The van der Waals surface area contributed by atoms with E-state index in [1.54, 1.807) is 36.4 Å². The molecule has 1 aliphatic rings. The van der Waals surface area contributed by atoms with Crippen LogP contribution in [0.25, 0.3) is 0 Å². The van der Waals surface area contributed by atoms with E-state index in [0.717, 1.165) is 19.3 Å². The zero-order valence-corrected chi connectivity index (χ0v) is 13.9. The Hall–Kier alpha value is -2.93. The fourth-order valence-corrected chi connectivity index (χ4v) is 3.41. The van der Waals surface area contributed by atoms with Gasteiger partial charge in [0.25, 0.3) is 5.91 Å². The molecule has 4 nitrogen and oxygen atoms in total. The van der Waals surface area contributed by atoms with Crippen LogP contribution in [0.15, 0.2) is 54.6 Å². The summed E-state index contributed by atoms with van der Waals surface area (Å²) >= 11 is 0. The number of nitrogens with zero attached hydrogens (tertiary/aromatic N) is 1. The van der Waals surface area contributed by atoms with E-state index < -0.39 is 0 Å². The smallest absolute Gasteiger partial charge is 0.252 e. The molecule has 1 fully saturated rings. The molecule has 1 N–H and O–H groups in total. The molecule has 0 aromatic heterocycles. The lowest BCUT2D eigenvalue weighted by atomic mass is 9.97. The van der Waals surface area contributed by atoms with Gasteiger partial charge in [0.1, 0.15) is 0 Å². The molecule has 0 aliphatic heterocycles. The number of hydrogen-bond donors (Lipinski definition) is 1. The van der Waals surface area contributed by atoms with Crippen LogP contribution in [0.5, 0.6) is 0 Å². The van der Waals surface area contributed by atoms with E-state index in [-0.39, 0.29) is 17.7 Å². The average molecular weight is 332 g/mol. The summed E-state index contributed by atoms with van der Waals surface area (Å²) in [5, 5.41) is 11.8. The molecule has 25 heavy (non-hydrogen) atoms. The molecule has 0 radical (unpaired) electrons. The van der Waals surface area contributed by atoms with E-state index in [4.69, 9.17) is 5.26 Å². The highest BCUT2D eigenvalue weighted by Gasteiger charge is 2.27. The third-order valence-electron chi connectivity index (χ3n) is 4.71. The summed E-state index contributed by atoms with van der Waals surface area (Å²) in [6.07, 6.45) is 3.21. The maximum absolute atomic E-state index is 12.7. The van der Waals surface area contributed by atoms with Crippen molar-refractivity contribution < 1.29 is 9.59 Å². The number of benzene rings is 2. The highest BCUT2D eigenvalue weighted by Crippen LogP contribution is 2.28. The van der Waals surface area contributed by atoms with Crippen LogP contribution in [0, 0.1) is 17.2 Å². The average Bonchev–Trinajstić information content (AvgIpc) is 3.09. The fraction of sp³-hybridized carbons (Fsp3) is 0.286. The zero-order chi connectivity index (χ0) is 17.6. The minimum atomic E-state index is -0.220. The number of rotatable bonds is 5. The monoisotopic (exact) mass is 332 g/mol. The number of nitrogens with one attached hydrogen (secondary N) is 1. The number of amides is 1. The first-order valence-corrected chi connectivity index (χ1v) is 8.55. The SMILES string of the molecule is N#CC[C@@H]1CC[C@H](NC(=O)c2ccccc2C(=O)c2ccccc2)C1. The van der Waals surface area contributed by atoms with Gasteiger partial charge in [0.2, 0.25) is 0 Å². The summed E-state index contributed by atoms with van der Waals surface area (Å²) in [4.78, 5) is 25.4. The minimum absolute atomic E-state index is 0.0748. The van der Waals surface area contributed by atoms with Gasteiger partial charge < -0.3 is 5.32 Å². The Labute approximate surface area is 147 Å². The minimum Gasteiger partial charge on any atom is -0.349 e. The number of hydrogen-bond acceptors (Lipinski definition) is 3. The molecule has 0 spiro atoms. The summed E-state index contributed by atoms with van der Waals surface area (Å²) in [5.74, 6) is -0.0147. The molecule has 0 saturated heterocycles. The Balaban J connectivity index is 1.76. The molecule has 126 valence electrons. The normalized spacial score (nSPS) is 19.2. The van der Waals surface area contributed by atoms with Gasteiger partial charge in [-0.05, 0) is 31.2 Å². The molecule has 0 bridgehead atoms. The van der Waals surface area contributed by atoms with Crippen LogP contribution in [0.1, 0.15) is 52.0 Å². The molecule has 1 amide bonds. The second-order valence-electron chi connectivity index (χ2n) is 6.45. The summed E-state index contributed by atoms with van der Waals surface area (Å²) in [6, 6.07) is 18.2. The highest BCUT2D eigenvalue weighted by molar-refractivity contribution is 6.15. The van der Waals surface area contributed by atoms with Crippen molar-refractivity contribution in [3.8, 4) is 6.07 Å². The van der Waals surface area contributed by atoms with E-state index in [2.05, 4.69) is 11.4 Å². The van der Waals surface area contributed by atoms with Crippen LogP contribution in [0.2, 0.25) is 0 Å². The summed E-state index contributed by atoms with van der Waals surface area (Å²) in [5.41, 5.74) is 1.38. The van der Waals surface area contributed by atoms with Crippen molar-refractivity contribution >= 4 is 11.7 Å². The van der Waals surface area contributed by atoms with Gasteiger partial charge in [-0.15, -0.1) is 0 Å². The fourth-order valence-electron chi connectivity index (χ4n) is 3.41. The molecule has 0 heterocycles. The van der Waals surface area contributed by atoms with Crippen molar-refractivity contribution in [3.63, 3.8) is 0 Å². The maximum Gasteiger partial charge on any atom is 0.252 e. The highest BCUT2D eigenvalue weighted by atomic mass is 16.2. The van der Waals surface area contributed by atoms with Crippen LogP contribution in [0.3, 0.4) is 0 Å². The molecule has 1 saturated carbocycles. The molecule has 4 heteroatoms. The third-order valence-corrected chi connectivity index (χ3v) is 4.71. The lowest BCUT2D eigenvalue weighted by molar-refractivity contribution is 0.0927. The molecule has 3 rings (SSSR count). The Kier molecular flexibility index (Phi) is 5.25. The van der Waals surface area contributed by atoms with Gasteiger partial charge in [-0.25, -0.2) is 0 Å². The topological polar surface area (TPSA) is 70.0 Å². The largest absolute Gasteiger partial charge is 0.349 e. The van der Waals surface area contributed by atoms with E-state index in [1.807, 2.05) is 18.2 Å². The lowest BCUT2D eigenvalue weighted by Crippen LogP contribution is -2.34. The lowest BCUT2D eigenvalue weighted by Gasteiger charge is -2.14. The van der Waals surface area contributed by atoms with Crippen LogP contribution >= 0.6 is 0 Å². The molecule has 2 aromatic carbocycles. The van der Waals surface area contributed by atoms with Crippen molar-refractivity contribution in [2.75, 3.05) is 0 Å². The second-order valence-corrected chi connectivity index (χ2v) is 6.45. The molecular weight excluding hydrogens is 312 g/mol. The second kappa shape index (κ2) is 7.76. The maximum atomic E-state index is 12.7. The van der Waals surface area contributed by atoms with Gasteiger partial charge in [-0.3, -0.25) is 9.59 Å². The van der Waals surface area contributed by atoms with Crippen molar-refractivity contribution in [2.24, 2.45) is 5.92 Å².